The van der Waals surface area contributed by atoms with E-state index in [2.05, 4.69) is 21.2 Å². The van der Waals surface area contributed by atoms with Crippen molar-refractivity contribution in [1.82, 2.24) is 5.32 Å². The maximum absolute atomic E-state index is 12.2. The summed E-state index contributed by atoms with van der Waals surface area (Å²) in [5.74, 6) is 0.101. The Morgan fingerprint density at radius 3 is 2.78 bits per heavy atom. The van der Waals surface area contributed by atoms with E-state index in [0.717, 1.165) is 29.3 Å². The molecule has 1 saturated carbocycles. The fourth-order valence-electron chi connectivity index (χ4n) is 2.34. The lowest BCUT2D eigenvalue weighted by molar-refractivity contribution is -0.135. The number of carbonyl (C=O) groups is 1. The van der Waals surface area contributed by atoms with Crippen LogP contribution in [-0.4, -0.2) is 12.5 Å². The van der Waals surface area contributed by atoms with Crippen molar-refractivity contribution in [3.63, 3.8) is 0 Å². The molecule has 98 valence electrons. The van der Waals surface area contributed by atoms with Crippen molar-refractivity contribution in [2.45, 2.75) is 32.2 Å². The number of rotatable bonds is 4. The molecule has 0 aromatic heterocycles. The number of halogens is 1. The van der Waals surface area contributed by atoms with E-state index in [1.54, 1.807) is 0 Å². The van der Waals surface area contributed by atoms with E-state index in [1.807, 2.05) is 31.2 Å². The van der Waals surface area contributed by atoms with E-state index in [1.165, 1.54) is 0 Å². The monoisotopic (exact) mass is 310 g/mol. The first-order valence-electron chi connectivity index (χ1n) is 6.34. The zero-order chi connectivity index (χ0) is 13.2. The highest BCUT2D eigenvalue weighted by atomic mass is 79.9. The molecule has 1 amide bonds. The molecule has 18 heavy (non-hydrogen) atoms. The van der Waals surface area contributed by atoms with Gasteiger partial charge in [-0.05, 0) is 37.5 Å². The van der Waals surface area contributed by atoms with Gasteiger partial charge in [0, 0.05) is 11.0 Å². The highest BCUT2D eigenvalue weighted by molar-refractivity contribution is 9.10. The summed E-state index contributed by atoms with van der Waals surface area (Å²) >= 11 is 3.44. The van der Waals surface area contributed by atoms with Crippen LogP contribution in [-0.2, 0) is 4.79 Å². The van der Waals surface area contributed by atoms with E-state index < -0.39 is 0 Å². The van der Waals surface area contributed by atoms with Crippen LogP contribution < -0.4 is 11.1 Å². The highest BCUT2D eigenvalue weighted by Crippen LogP contribution is 2.40. The lowest BCUT2D eigenvalue weighted by Gasteiger charge is -2.39. The quantitative estimate of drug-likeness (QED) is 0.898. The van der Waals surface area contributed by atoms with Crippen molar-refractivity contribution < 1.29 is 4.79 Å². The second-order valence-electron chi connectivity index (χ2n) is 5.09. The number of nitrogens with two attached hydrogens (primary N) is 1. The van der Waals surface area contributed by atoms with Crippen LogP contribution >= 0.6 is 15.9 Å². The third-order valence-corrected chi connectivity index (χ3v) is 4.37. The summed E-state index contributed by atoms with van der Waals surface area (Å²) in [6.45, 7) is 2.45. The largest absolute Gasteiger partial charge is 0.349 e. The van der Waals surface area contributed by atoms with Crippen LogP contribution in [0.25, 0.3) is 0 Å². The van der Waals surface area contributed by atoms with Crippen LogP contribution in [0, 0.1) is 5.41 Å². The van der Waals surface area contributed by atoms with Crippen LogP contribution in [0.3, 0.4) is 0 Å². The Bertz CT molecular complexity index is 438. The number of amides is 1. The molecule has 0 unspecified atom stereocenters. The smallest absolute Gasteiger partial charge is 0.227 e. The first-order chi connectivity index (χ1) is 8.57. The minimum absolute atomic E-state index is 0.0130. The van der Waals surface area contributed by atoms with E-state index in [4.69, 9.17) is 5.73 Å². The van der Waals surface area contributed by atoms with Gasteiger partial charge in [0.1, 0.15) is 0 Å². The standard InChI is InChI=1S/C14H19BrN2O/c1-10(11-4-2-5-12(15)8-11)17-13(18)14(9-16)6-3-7-14/h2,4-5,8,10H,3,6-7,9,16H2,1H3,(H,17,18)/t10-/m0/s1. The number of nitrogens with one attached hydrogen (secondary N) is 1. The summed E-state index contributed by atoms with van der Waals surface area (Å²) in [7, 11) is 0. The molecule has 0 heterocycles. The molecule has 1 aliphatic rings. The summed E-state index contributed by atoms with van der Waals surface area (Å²) in [6.07, 6.45) is 2.94. The Kier molecular flexibility index (Phi) is 4.07. The summed E-state index contributed by atoms with van der Waals surface area (Å²) in [5, 5.41) is 3.08. The number of carbonyl (C=O) groups excluding carboxylic acids is 1. The SMILES string of the molecule is C[C@H](NC(=O)C1(CN)CCC1)c1cccc(Br)c1. The van der Waals surface area contributed by atoms with Gasteiger partial charge in [0.15, 0.2) is 0 Å². The van der Waals surface area contributed by atoms with Gasteiger partial charge in [-0.25, -0.2) is 0 Å². The average molecular weight is 311 g/mol. The third kappa shape index (κ3) is 2.59. The minimum atomic E-state index is -0.305. The lowest BCUT2D eigenvalue weighted by Crippen LogP contribution is -2.50. The first-order valence-corrected chi connectivity index (χ1v) is 7.13. The lowest BCUT2D eigenvalue weighted by atomic mass is 9.68. The van der Waals surface area contributed by atoms with E-state index >= 15 is 0 Å². The van der Waals surface area contributed by atoms with Crippen LogP contribution in [0.5, 0.6) is 0 Å². The van der Waals surface area contributed by atoms with Gasteiger partial charge >= 0.3 is 0 Å². The maximum atomic E-state index is 12.2. The Balaban J connectivity index is 2.03. The fraction of sp³-hybridized carbons (Fsp3) is 0.500. The molecule has 0 saturated heterocycles. The second-order valence-corrected chi connectivity index (χ2v) is 6.00. The normalized spacial score (nSPS) is 18.8. The summed E-state index contributed by atoms with van der Waals surface area (Å²) in [6, 6.07) is 8.01. The van der Waals surface area contributed by atoms with Gasteiger partial charge in [0.25, 0.3) is 0 Å². The zero-order valence-corrected chi connectivity index (χ0v) is 12.2. The van der Waals surface area contributed by atoms with Crippen LogP contribution in [0.1, 0.15) is 37.8 Å². The van der Waals surface area contributed by atoms with Crippen molar-refractivity contribution in [2.75, 3.05) is 6.54 Å². The molecule has 1 aromatic carbocycles. The van der Waals surface area contributed by atoms with Gasteiger partial charge in [-0.3, -0.25) is 4.79 Å². The Morgan fingerprint density at radius 1 is 1.56 bits per heavy atom. The first kappa shape index (κ1) is 13.6. The summed E-state index contributed by atoms with van der Waals surface area (Å²) in [5.41, 5.74) is 6.54. The molecule has 0 radical (unpaired) electrons. The summed E-state index contributed by atoms with van der Waals surface area (Å²) < 4.78 is 1.03. The molecule has 1 fully saturated rings. The van der Waals surface area contributed by atoms with Crippen molar-refractivity contribution in [3.05, 3.63) is 34.3 Å². The van der Waals surface area contributed by atoms with Gasteiger partial charge in [0.05, 0.1) is 11.5 Å². The van der Waals surface area contributed by atoms with Crippen LogP contribution in [0.15, 0.2) is 28.7 Å². The van der Waals surface area contributed by atoms with Crippen molar-refractivity contribution in [2.24, 2.45) is 11.1 Å². The molecular weight excluding hydrogens is 292 g/mol. The predicted molar refractivity (Wildman–Crippen MR) is 76.0 cm³/mol. The molecule has 4 heteroatoms. The Hall–Kier alpha value is -0.870. The third-order valence-electron chi connectivity index (χ3n) is 3.88. The molecule has 1 aromatic rings. The van der Waals surface area contributed by atoms with Gasteiger partial charge in [0.2, 0.25) is 5.91 Å². The molecule has 0 spiro atoms. The molecule has 0 aliphatic heterocycles. The van der Waals surface area contributed by atoms with E-state index in [-0.39, 0.29) is 17.4 Å². The van der Waals surface area contributed by atoms with Gasteiger partial charge in [-0.2, -0.15) is 0 Å². The zero-order valence-electron chi connectivity index (χ0n) is 10.6. The molecule has 3 N–H and O–H groups in total. The van der Waals surface area contributed by atoms with Crippen LogP contribution in [0.4, 0.5) is 0 Å². The Labute approximate surface area is 116 Å². The molecule has 3 nitrogen and oxygen atoms in total. The minimum Gasteiger partial charge on any atom is -0.349 e. The fourth-order valence-corrected chi connectivity index (χ4v) is 2.75. The van der Waals surface area contributed by atoms with Crippen molar-refractivity contribution >= 4 is 21.8 Å². The molecule has 1 aliphatic carbocycles. The maximum Gasteiger partial charge on any atom is 0.227 e. The van der Waals surface area contributed by atoms with Crippen LogP contribution in [0.2, 0.25) is 0 Å². The van der Waals surface area contributed by atoms with Gasteiger partial charge in [-0.1, -0.05) is 34.5 Å². The van der Waals surface area contributed by atoms with E-state index in [0.29, 0.717) is 6.54 Å². The van der Waals surface area contributed by atoms with Gasteiger partial charge < -0.3 is 11.1 Å². The summed E-state index contributed by atoms with van der Waals surface area (Å²) in [4.78, 5) is 12.2. The number of hydrogen-bond donors (Lipinski definition) is 2. The highest BCUT2D eigenvalue weighted by Gasteiger charge is 2.43. The predicted octanol–water partition coefficient (Wildman–Crippen LogP) is 2.76. The topological polar surface area (TPSA) is 55.1 Å². The molecule has 1 atom stereocenters. The average Bonchev–Trinajstić information content (AvgIpc) is 2.28. The van der Waals surface area contributed by atoms with Crippen molar-refractivity contribution in [1.29, 1.82) is 0 Å². The molecule has 0 bridgehead atoms. The number of hydrogen-bond acceptors (Lipinski definition) is 2. The second kappa shape index (κ2) is 5.41. The van der Waals surface area contributed by atoms with E-state index in [9.17, 15) is 4.79 Å². The Morgan fingerprint density at radius 2 is 2.28 bits per heavy atom. The molecule has 2 rings (SSSR count). The van der Waals surface area contributed by atoms with Crippen molar-refractivity contribution in [3.8, 4) is 0 Å². The molecular formula is C14H19BrN2O. The number of benzene rings is 1. The van der Waals surface area contributed by atoms with Gasteiger partial charge in [-0.15, -0.1) is 0 Å².